The van der Waals surface area contributed by atoms with Crippen LogP contribution in [0.3, 0.4) is 0 Å². The van der Waals surface area contributed by atoms with Crippen LogP contribution < -0.4 is 15.4 Å². The van der Waals surface area contributed by atoms with Gasteiger partial charge in [-0.15, -0.1) is 10.2 Å². The van der Waals surface area contributed by atoms with Crippen molar-refractivity contribution in [3.63, 3.8) is 0 Å². The van der Waals surface area contributed by atoms with Crippen molar-refractivity contribution in [1.29, 1.82) is 0 Å². The van der Waals surface area contributed by atoms with Crippen LogP contribution in [0.2, 0.25) is 0 Å². The van der Waals surface area contributed by atoms with Crippen LogP contribution in [-0.2, 0) is 10.0 Å². The van der Waals surface area contributed by atoms with Gasteiger partial charge in [-0.2, -0.15) is 0 Å². The summed E-state index contributed by atoms with van der Waals surface area (Å²) < 4.78 is 27.9. The van der Waals surface area contributed by atoms with Crippen LogP contribution in [0.5, 0.6) is 0 Å². The van der Waals surface area contributed by atoms with Gasteiger partial charge < -0.3 is 10.6 Å². The lowest BCUT2D eigenvalue weighted by atomic mass is 10.2. The number of fused-ring (bicyclic) bond motifs is 1. The number of hydrogen-bond donors (Lipinski definition) is 3. The van der Waals surface area contributed by atoms with E-state index in [9.17, 15) is 8.42 Å². The van der Waals surface area contributed by atoms with E-state index in [1.165, 1.54) is 0 Å². The molecule has 4 rings (SSSR count). The maximum absolute atomic E-state index is 12.7. The molecule has 4 aromatic rings. The van der Waals surface area contributed by atoms with Crippen molar-refractivity contribution >= 4 is 38.2 Å². The standard InChI is InChI=1S/C20H19N7O2S/c28-30(29,17-5-1-3-15-4-2-10-23-20(15)17)24-14-13-22-18-6-7-19(27-26-18)25-16-8-11-21-12-9-16/h1-12,24H,13-14H2,(H,22,26)(H,21,25,27). The van der Waals surface area contributed by atoms with Crippen LogP contribution in [0, 0.1) is 0 Å². The molecule has 3 N–H and O–H groups in total. The summed E-state index contributed by atoms with van der Waals surface area (Å²) in [4.78, 5) is 8.31. The molecule has 9 nitrogen and oxygen atoms in total. The topological polar surface area (TPSA) is 122 Å². The molecule has 1 aromatic carbocycles. The minimum Gasteiger partial charge on any atom is -0.367 e. The van der Waals surface area contributed by atoms with E-state index in [1.54, 1.807) is 48.9 Å². The number of sulfonamides is 1. The summed E-state index contributed by atoms with van der Waals surface area (Å²) in [6.45, 7) is 0.535. The third kappa shape index (κ3) is 4.67. The van der Waals surface area contributed by atoms with Crippen molar-refractivity contribution < 1.29 is 8.42 Å². The Hall–Kier alpha value is -3.63. The predicted octanol–water partition coefficient (Wildman–Crippen LogP) is 2.55. The van der Waals surface area contributed by atoms with Gasteiger partial charge in [-0.3, -0.25) is 9.97 Å². The Labute approximate surface area is 173 Å². The maximum atomic E-state index is 12.7. The van der Waals surface area contributed by atoms with Crippen molar-refractivity contribution in [2.45, 2.75) is 4.90 Å². The number of aromatic nitrogens is 4. The highest BCUT2D eigenvalue weighted by Crippen LogP contribution is 2.20. The molecule has 152 valence electrons. The fraction of sp³-hybridized carbons (Fsp3) is 0.100. The van der Waals surface area contributed by atoms with Gasteiger partial charge in [-0.05, 0) is 36.4 Å². The second-order valence-corrected chi connectivity index (χ2v) is 8.06. The highest BCUT2D eigenvalue weighted by atomic mass is 32.2. The van der Waals surface area contributed by atoms with Gasteiger partial charge in [0.2, 0.25) is 10.0 Å². The molecule has 0 saturated carbocycles. The predicted molar refractivity (Wildman–Crippen MR) is 115 cm³/mol. The van der Waals surface area contributed by atoms with E-state index in [0.29, 0.717) is 23.7 Å². The molecule has 30 heavy (non-hydrogen) atoms. The molecule has 0 atom stereocenters. The molecular formula is C20H19N7O2S. The van der Waals surface area contributed by atoms with E-state index in [1.807, 2.05) is 24.3 Å². The van der Waals surface area contributed by atoms with Crippen LogP contribution in [0.4, 0.5) is 17.3 Å². The van der Waals surface area contributed by atoms with E-state index in [2.05, 4.69) is 35.5 Å². The van der Waals surface area contributed by atoms with Crippen LogP contribution in [-0.4, -0.2) is 41.7 Å². The number of hydrogen-bond acceptors (Lipinski definition) is 8. The summed E-state index contributed by atoms with van der Waals surface area (Å²) in [5, 5.41) is 15.1. The Kier molecular flexibility index (Phi) is 5.77. The van der Waals surface area contributed by atoms with Gasteiger partial charge in [-0.1, -0.05) is 18.2 Å². The summed E-state index contributed by atoms with van der Waals surface area (Å²) in [6.07, 6.45) is 4.94. The normalized spacial score (nSPS) is 11.3. The molecule has 0 fully saturated rings. The minimum absolute atomic E-state index is 0.159. The fourth-order valence-electron chi connectivity index (χ4n) is 2.82. The number of anilines is 3. The lowest BCUT2D eigenvalue weighted by Crippen LogP contribution is -2.29. The van der Waals surface area contributed by atoms with Crippen molar-refractivity contribution in [3.05, 3.63) is 73.2 Å². The van der Waals surface area contributed by atoms with E-state index in [0.717, 1.165) is 11.1 Å². The highest BCUT2D eigenvalue weighted by molar-refractivity contribution is 7.89. The second-order valence-electron chi connectivity index (χ2n) is 6.32. The van der Waals surface area contributed by atoms with E-state index < -0.39 is 10.0 Å². The van der Waals surface area contributed by atoms with Crippen molar-refractivity contribution in [2.75, 3.05) is 23.7 Å². The van der Waals surface area contributed by atoms with Gasteiger partial charge in [0.1, 0.15) is 10.7 Å². The largest absolute Gasteiger partial charge is 0.367 e. The van der Waals surface area contributed by atoms with Crippen molar-refractivity contribution in [3.8, 4) is 0 Å². The monoisotopic (exact) mass is 421 g/mol. The summed E-state index contributed by atoms with van der Waals surface area (Å²) in [5.74, 6) is 1.14. The average molecular weight is 421 g/mol. The van der Waals surface area contributed by atoms with Gasteiger partial charge >= 0.3 is 0 Å². The van der Waals surface area contributed by atoms with Crippen molar-refractivity contribution in [1.82, 2.24) is 24.9 Å². The first-order valence-electron chi connectivity index (χ1n) is 9.20. The molecule has 0 aliphatic heterocycles. The molecule has 0 radical (unpaired) electrons. The molecule has 0 bridgehead atoms. The third-order valence-corrected chi connectivity index (χ3v) is 5.72. The molecule has 10 heteroatoms. The zero-order valence-corrected chi connectivity index (χ0v) is 16.7. The van der Waals surface area contributed by atoms with Crippen LogP contribution in [0.25, 0.3) is 10.9 Å². The van der Waals surface area contributed by atoms with Crippen molar-refractivity contribution in [2.24, 2.45) is 0 Å². The third-order valence-electron chi connectivity index (χ3n) is 4.23. The number of pyridine rings is 2. The van der Waals surface area contributed by atoms with Gasteiger partial charge in [0, 0.05) is 42.8 Å². The van der Waals surface area contributed by atoms with Gasteiger partial charge in [0.15, 0.2) is 5.82 Å². The first-order valence-corrected chi connectivity index (χ1v) is 10.7. The molecule has 3 aromatic heterocycles. The first-order chi connectivity index (χ1) is 14.6. The van der Waals surface area contributed by atoms with E-state index in [4.69, 9.17) is 0 Å². The lowest BCUT2D eigenvalue weighted by molar-refractivity contribution is 0.583. The molecule has 3 heterocycles. The van der Waals surface area contributed by atoms with Crippen LogP contribution in [0.15, 0.2) is 78.1 Å². The number of para-hydroxylation sites is 1. The fourth-order valence-corrected chi connectivity index (χ4v) is 4.03. The molecular weight excluding hydrogens is 402 g/mol. The summed E-state index contributed by atoms with van der Waals surface area (Å²) >= 11 is 0. The number of nitrogens with one attached hydrogen (secondary N) is 3. The first kappa shape index (κ1) is 19.7. The maximum Gasteiger partial charge on any atom is 0.242 e. The van der Waals surface area contributed by atoms with Crippen LogP contribution >= 0.6 is 0 Å². The van der Waals surface area contributed by atoms with Gasteiger partial charge in [0.25, 0.3) is 0 Å². The summed E-state index contributed by atoms with van der Waals surface area (Å²) in [5.41, 5.74) is 1.31. The minimum atomic E-state index is -3.69. The molecule has 0 amide bonds. The Bertz CT molecular complexity index is 1230. The molecule has 0 unspecified atom stereocenters. The van der Waals surface area contributed by atoms with Gasteiger partial charge in [0.05, 0.1) is 5.52 Å². The van der Waals surface area contributed by atoms with Crippen LogP contribution in [0.1, 0.15) is 0 Å². The summed E-state index contributed by atoms with van der Waals surface area (Å²) in [6, 6.07) is 15.9. The second kappa shape index (κ2) is 8.80. The SMILES string of the molecule is O=S(=O)(NCCNc1ccc(Nc2ccncc2)nn1)c1cccc2cccnc12. The molecule has 0 spiro atoms. The Morgan fingerprint density at radius 1 is 0.800 bits per heavy atom. The average Bonchev–Trinajstić information content (AvgIpc) is 2.78. The Morgan fingerprint density at radius 2 is 1.57 bits per heavy atom. The van der Waals surface area contributed by atoms with Gasteiger partial charge in [-0.25, -0.2) is 13.1 Å². The molecule has 0 saturated heterocycles. The quantitative estimate of drug-likeness (QED) is 0.371. The Balaban J connectivity index is 1.32. The zero-order valence-electron chi connectivity index (χ0n) is 15.9. The Morgan fingerprint density at radius 3 is 2.37 bits per heavy atom. The number of benzene rings is 1. The lowest BCUT2D eigenvalue weighted by Gasteiger charge is -2.10. The van der Waals surface area contributed by atoms with E-state index >= 15 is 0 Å². The number of rotatable bonds is 8. The zero-order chi connectivity index (χ0) is 20.8. The molecule has 0 aliphatic rings. The molecule has 0 aliphatic carbocycles. The van der Waals surface area contributed by atoms with E-state index in [-0.39, 0.29) is 11.4 Å². The number of nitrogens with zero attached hydrogens (tertiary/aromatic N) is 4. The summed E-state index contributed by atoms with van der Waals surface area (Å²) in [7, 11) is -3.69. The highest BCUT2D eigenvalue weighted by Gasteiger charge is 2.17. The smallest absolute Gasteiger partial charge is 0.242 e.